The minimum Gasteiger partial charge on any atom is -0.495 e. The van der Waals surface area contributed by atoms with Gasteiger partial charge in [-0.15, -0.1) is 0 Å². The van der Waals surface area contributed by atoms with Crippen LogP contribution in [0, 0.1) is 0 Å². The second-order valence-electron chi connectivity index (χ2n) is 3.82. The Balaban J connectivity index is 2.82. The van der Waals surface area contributed by atoms with Gasteiger partial charge in [-0.2, -0.15) is 13.2 Å². The quantitative estimate of drug-likeness (QED) is 0.292. The second kappa shape index (κ2) is 6.68. The van der Waals surface area contributed by atoms with Crippen LogP contribution >= 0.6 is 0 Å². The number of methoxy groups -OCH3 is 1. The lowest BCUT2D eigenvalue weighted by molar-refractivity contribution is -0.122. The molecule has 0 saturated heterocycles. The van der Waals surface area contributed by atoms with Crippen LogP contribution in [0.4, 0.5) is 23.7 Å². The molecule has 0 spiro atoms. The summed E-state index contributed by atoms with van der Waals surface area (Å²) in [5.74, 6) is -0.0392. The molecule has 1 rings (SSSR count). The molecule has 0 bridgehead atoms. The Hall–Kier alpha value is -2.65. The molecule has 0 unspecified atom stereocenters. The van der Waals surface area contributed by atoms with Crippen LogP contribution in [0.2, 0.25) is 0 Å². The lowest BCUT2D eigenvalue weighted by Gasteiger charge is -2.13. The van der Waals surface area contributed by atoms with E-state index in [2.05, 4.69) is 10.5 Å². The fourth-order valence-corrected chi connectivity index (χ4v) is 1.36. The summed E-state index contributed by atoms with van der Waals surface area (Å²) in [5, 5.41) is 15.2. The first-order chi connectivity index (χ1) is 9.76. The van der Waals surface area contributed by atoms with Crippen LogP contribution in [0.3, 0.4) is 0 Å². The number of anilines is 1. The second-order valence-corrected chi connectivity index (χ2v) is 3.82. The van der Waals surface area contributed by atoms with E-state index in [0.717, 1.165) is 0 Å². The molecule has 0 atom stereocenters. The highest BCUT2D eigenvalue weighted by Gasteiger charge is 2.27. The fourth-order valence-electron chi connectivity index (χ4n) is 1.36. The van der Waals surface area contributed by atoms with Gasteiger partial charge >= 0.3 is 12.2 Å². The van der Waals surface area contributed by atoms with E-state index >= 15 is 0 Å². The molecule has 0 aromatic heterocycles. The van der Waals surface area contributed by atoms with E-state index in [4.69, 9.17) is 15.7 Å². The van der Waals surface area contributed by atoms with Crippen molar-refractivity contribution >= 4 is 17.6 Å². The number of carbonyl (C=O) groups excluding carboxylic acids is 1. The van der Waals surface area contributed by atoms with Crippen molar-refractivity contribution in [1.29, 1.82) is 0 Å². The fraction of sp³-hybridized carbons (Fsp3) is 0.273. The van der Waals surface area contributed by atoms with Gasteiger partial charge in [0, 0.05) is 5.56 Å². The van der Waals surface area contributed by atoms with Gasteiger partial charge in [-0.05, 0) is 18.2 Å². The lowest BCUT2D eigenvalue weighted by Crippen LogP contribution is -2.36. The summed E-state index contributed by atoms with van der Waals surface area (Å²) < 4.78 is 40.9. The number of carbonyl (C=O) groups is 1. The molecule has 1 aromatic carbocycles. The van der Waals surface area contributed by atoms with E-state index in [1.165, 1.54) is 25.3 Å². The lowest BCUT2D eigenvalue weighted by atomic mass is 10.1. The number of amidine groups is 1. The number of benzene rings is 1. The van der Waals surface area contributed by atoms with E-state index in [0.29, 0.717) is 5.56 Å². The Morgan fingerprint density at radius 3 is 2.67 bits per heavy atom. The maximum atomic E-state index is 12.0. The van der Waals surface area contributed by atoms with Crippen molar-refractivity contribution in [3.8, 4) is 5.75 Å². The smallest absolute Gasteiger partial charge is 0.405 e. The monoisotopic (exact) mass is 306 g/mol. The van der Waals surface area contributed by atoms with Gasteiger partial charge in [0.1, 0.15) is 12.3 Å². The standard InChI is InChI=1S/C11H13F3N4O3/c1-21-8-4-6(9(15)18-20)2-3-7(8)17-10(19)16-5-11(12,13)14/h2-4,20H,5H2,1H3,(H2,15,18)(H2,16,17,19). The zero-order chi connectivity index (χ0) is 16.0. The molecule has 0 saturated carbocycles. The van der Waals surface area contributed by atoms with Crippen molar-refractivity contribution in [2.75, 3.05) is 19.0 Å². The van der Waals surface area contributed by atoms with Gasteiger partial charge in [0.05, 0.1) is 12.8 Å². The minimum absolute atomic E-state index is 0.131. The van der Waals surface area contributed by atoms with Crippen molar-refractivity contribution < 1.29 is 27.9 Å². The molecule has 2 amide bonds. The molecule has 10 heteroatoms. The normalized spacial score (nSPS) is 11.9. The summed E-state index contributed by atoms with van der Waals surface area (Å²) in [7, 11) is 1.30. The summed E-state index contributed by atoms with van der Waals surface area (Å²) in [6, 6.07) is 3.06. The van der Waals surface area contributed by atoms with E-state index in [9.17, 15) is 18.0 Å². The van der Waals surface area contributed by atoms with Crippen LogP contribution in [-0.4, -0.2) is 36.9 Å². The molecule has 0 aliphatic carbocycles. The van der Waals surface area contributed by atoms with Crippen molar-refractivity contribution in [1.82, 2.24) is 5.32 Å². The summed E-state index contributed by atoms with van der Waals surface area (Å²) in [6.07, 6.45) is -4.50. The third kappa shape index (κ3) is 5.09. The summed E-state index contributed by atoms with van der Waals surface area (Å²) >= 11 is 0. The number of alkyl halides is 3. The largest absolute Gasteiger partial charge is 0.495 e. The highest BCUT2D eigenvalue weighted by molar-refractivity contribution is 5.99. The van der Waals surface area contributed by atoms with Gasteiger partial charge in [-0.3, -0.25) is 0 Å². The number of nitrogens with zero attached hydrogens (tertiary/aromatic N) is 1. The van der Waals surface area contributed by atoms with Crippen LogP contribution in [0.1, 0.15) is 5.56 Å². The predicted octanol–water partition coefficient (Wildman–Crippen LogP) is 1.47. The number of nitrogens with one attached hydrogen (secondary N) is 2. The molecule has 0 radical (unpaired) electrons. The highest BCUT2D eigenvalue weighted by atomic mass is 19.4. The Kier molecular flexibility index (Phi) is 5.22. The number of amides is 2. The molecular formula is C11H13F3N4O3. The molecule has 1 aromatic rings. The Labute approximate surface area is 117 Å². The predicted molar refractivity (Wildman–Crippen MR) is 68.6 cm³/mol. The number of urea groups is 1. The topological polar surface area (TPSA) is 109 Å². The number of oxime groups is 1. The van der Waals surface area contributed by atoms with Gasteiger partial charge in [0.15, 0.2) is 5.84 Å². The number of hydrogen-bond donors (Lipinski definition) is 4. The van der Waals surface area contributed by atoms with Gasteiger partial charge < -0.3 is 26.3 Å². The van der Waals surface area contributed by atoms with Gasteiger partial charge in [-0.1, -0.05) is 5.16 Å². The SMILES string of the molecule is COc1cc(/C(N)=N/O)ccc1NC(=O)NCC(F)(F)F. The first kappa shape index (κ1) is 16.4. The van der Waals surface area contributed by atoms with Crippen molar-refractivity contribution in [2.24, 2.45) is 10.9 Å². The number of rotatable bonds is 4. The number of ether oxygens (including phenoxy) is 1. The average Bonchev–Trinajstić information content (AvgIpc) is 2.44. The zero-order valence-corrected chi connectivity index (χ0v) is 10.9. The van der Waals surface area contributed by atoms with Crippen molar-refractivity contribution in [3.05, 3.63) is 23.8 Å². The molecule has 0 aliphatic rings. The summed E-state index contributed by atoms with van der Waals surface area (Å²) in [5.41, 5.74) is 5.83. The molecule has 5 N–H and O–H groups in total. The molecule has 0 fully saturated rings. The molecule has 21 heavy (non-hydrogen) atoms. The Morgan fingerprint density at radius 1 is 1.48 bits per heavy atom. The van der Waals surface area contributed by atoms with Crippen molar-refractivity contribution in [2.45, 2.75) is 6.18 Å². The first-order valence-corrected chi connectivity index (χ1v) is 5.54. The molecule has 116 valence electrons. The molecule has 0 aliphatic heterocycles. The van der Waals surface area contributed by atoms with Crippen LogP contribution < -0.4 is 21.1 Å². The zero-order valence-electron chi connectivity index (χ0n) is 10.9. The van der Waals surface area contributed by atoms with Crippen molar-refractivity contribution in [3.63, 3.8) is 0 Å². The summed E-state index contributed by atoms with van der Waals surface area (Å²) in [6.45, 7) is -1.46. The first-order valence-electron chi connectivity index (χ1n) is 5.54. The van der Waals surface area contributed by atoms with E-state index in [1.807, 2.05) is 0 Å². The minimum atomic E-state index is -4.50. The van der Waals surface area contributed by atoms with E-state index in [1.54, 1.807) is 5.32 Å². The summed E-state index contributed by atoms with van der Waals surface area (Å²) in [4.78, 5) is 11.3. The number of hydrogen-bond acceptors (Lipinski definition) is 4. The van der Waals surface area contributed by atoms with Gasteiger partial charge in [0.25, 0.3) is 0 Å². The highest BCUT2D eigenvalue weighted by Crippen LogP contribution is 2.25. The third-order valence-electron chi connectivity index (χ3n) is 2.30. The third-order valence-corrected chi connectivity index (χ3v) is 2.30. The van der Waals surface area contributed by atoms with E-state index < -0.39 is 18.8 Å². The number of halogens is 3. The molecular weight excluding hydrogens is 293 g/mol. The van der Waals surface area contributed by atoms with Crippen LogP contribution in [0.15, 0.2) is 23.4 Å². The maximum Gasteiger partial charge on any atom is 0.405 e. The van der Waals surface area contributed by atoms with Gasteiger partial charge in [-0.25, -0.2) is 4.79 Å². The maximum absolute atomic E-state index is 12.0. The Morgan fingerprint density at radius 2 is 2.14 bits per heavy atom. The Bertz CT molecular complexity index is 546. The van der Waals surface area contributed by atoms with Crippen LogP contribution in [0.5, 0.6) is 5.75 Å². The van der Waals surface area contributed by atoms with Gasteiger partial charge in [0.2, 0.25) is 0 Å². The molecule has 0 heterocycles. The molecule has 7 nitrogen and oxygen atoms in total. The average molecular weight is 306 g/mol. The number of nitrogens with two attached hydrogens (primary N) is 1. The van der Waals surface area contributed by atoms with Crippen LogP contribution in [-0.2, 0) is 0 Å². The van der Waals surface area contributed by atoms with E-state index in [-0.39, 0.29) is 17.3 Å². The van der Waals surface area contributed by atoms with Crippen LogP contribution in [0.25, 0.3) is 0 Å².